The van der Waals surface area contributed by atoms with Crippen molar-refractivity contribution in [1.82, 2.24) is 19.2 Å². The van der Waals surface area contributed by atoms with Gasteiger partial charge in [0, 0.05) is 62.9 Å². The second-order valence-electron chi connectivity index (χ2n) is 21.5. The first-order valence-electron chi connectivity index (χ1n) is 24.4. The number of Topliss-reactive ketones (excluding diaryl/α,β-unsaturated/α-hetero) is 2. The summed E-state index contributed by atoms with van der Waals surface area (Å²) in [6.07, 6.45) is 16.3. The van der Waals surface area contributed by atoms with Crippen molar-refractivity contribution in [3.8, 4) is 0 Å². The fourth-order valence-electron chi connectivity index (χ4n) is 14.3. The summed E-state index contributed by atoms with van der Waals surface area (Å²) in [6.45, 7) is 9.97. The minimum atomic E-state index is -4.08. The molecule has 3 saturated heterocycles. The Hall–Kier alpha value is -2.71. The Morgan fingerprint density at radius 2 is 1.53 bits per heavy atom. The maximum Gasteiger partial charge on any atom is 0.303 e. The van der Waals surface area contributed by atoms with Gasteiger partial charge in [0.05, 0.1) is 24.2 Å². The van der Waals surface area contributed by atoms with Crippen LogP contribution in [0, 0.1) is 57.2 Å². The molecule has 8 fully saturated rings. The molecule has 8 aliphatic rings. The zero-order valence-electron chi connectivity index (χ0n) is 37.4. The van der Waals surface area contributed by atoms with Crippen LogP contribution in [-0.2, 0) is 38.9 Å². The van der Waals surface area contributed by atoms with Gasteiger partial charge in [-0.1, -0.05) is 58.4 Å². The maximum absolute atomic E-state index is 15.6. The zero-order valence-corrected chi connectivity index (χ0v) is 38.3. The van der Waals surface area contributed by atoms with E-state index in [1.54, 1.807) is 11.0 Å². The number of hydrogen-bond acceptors (Lipinski definition) is 8. The predicted molar refractivity (Wildman–Crippen MR) is 232 cm³/mol. The Balaban J connectivity index is 1.07. The Kier molecular flexibility index (Phi) is 13.3. The van der Waals surface area contributed by atoms with Crippen LogP contribution in [0.15, 0.2) is 12.7 Å². The molecule has 2 spiro atoms. The van der Waals surface area contributed by atoms with E-state index in [0.29, 0.717) is 71.4 Å². The number of nitrogens with zero attached hydrogens (tertiary/aromatic N) is 2. The highest BCUT2D eigenvalue weighted by molar-refractivity contribution is 7.87. The lowest BCUT2D eigenvalue weighted by Gasteiger charge is -2.37. The van der Waals surface area contributed by atoms with Crippen molar-refractivity contribution < 1.29 is 41.5 Å². The van der Waals surface area contributed by atoms with Crippen molar-refractivity contribution >= 4 is 39.5 Å². The highest BCUT2D eigenvalue weighted by Gasteiger charge is 2.85. The van der Waals surface area contributed by atoms with Gasteiger partial charge in [0.2, 0.25) is 17.7 Å². The summed E-state index contributed by atoms with van der Waals surface area (Å²) in [5, 5.41) is 3.23. The highest BCUT2D eigenvalue weighted by atomic mass is 32.2. The fourth-order valence-corrected chi connectivity index (χ4v) is 15.6. The average Bonchev–Trinajstić information content (AvgIpc) is 3.70. The molecule has 0 aromatic rings. The number of likely N-dealkylation sites (tertiary alicyclic amines) is 1. The summed E-state index contributed by atoms with van der Waals surface area (Å²) in [6, 6.07) is -1.56. The van der Waals surface area contributed by atoms with Crippen LogP contribution in [0.5, 0.6) is 0 Å². The summed E-state index contributed by atoms with van der Waals surface area (Å²) < 4.78 is 49.5. The van der Waals surface area contributed by atoms with Gasteiger partial charge in [-0.05, 0) is 118 Å². The van der Waals surface area contributed by atoms with Crippen molar-refractivity contribution in [2.24, 2.45) is 57.2 Å². The summed E-state index contributed by atoms with van der Waals surface area (Å²) in [5.41, 5.74) is -1.67. The Morgan fingerprint density at radius 1 is 0.855 bits per heavy atom. The third-order valence-electron chi connectivity index (χ3n) is 18.5. The number of ketones is 2. The average molecular weight is 885 g/mol. The van der Waals surface area contributed by atoms with Crippen molar-refractivity contribution in [2.75, 3.05) is 39.5 Å². The molecule has 3 amide bonds. The smallest absolute Gasteiger partial charge is 0.303 e. The summed E-state index contributed by atoms with van der Waals surface area (Å²) >= 11 is 0. The van der Waals surface area contributed by atoms with E-state index in [9.17, 15) is 27.2 Å². The minimum Gasteiger partial charge on any atom is -0.381 e. The summed E-state index contributed by atoms with van der Waals surface area (Å²) in [4.78, 5) is 75.4. The number of carbonyl (C=O) groups is 5. The lowest BCUT2D eigenvalue weighted by atomic mass is 9.73. The standard InChI is InChI=1S/C48H73FN4O8S/c1-4-35-28-46(35,44(58)51-62(59,60)52-23-10-11-24-52)30-40(55)38-29-48(45(2,3)47(48)20-12-21-47)31-53(38)43(57)37(33-18-25-61-26-19-33)27-39(54)41(34-14-6-5-7-15-34)50-42(56)36-16-9-8-13-32(36)17-22-49/h4,32-38,41H,1,5-31H2,2-3H3,(H,50,56)(H,51,58)/t32?,35-,36-,37+,38+,41?,46-,48-/m1/s1. The van der Waals surface area contributed by atoms with E-state index in [2.05, 4.69) is 30.5 Å². The molecule has 2 N–H and O–H groups in total. The zero-order chi connectivity index (χ0) is 44.1. The normalized spacial score (nSPS) is 34.3. The molecule has 5 aliphatic carbocycles. The number of carbonyl (C=O) groups excluding carboxylic acids is 5. The van der Waals surface area contributed by atoms with E-state index in [1.165, 1.54) is 4.31 Å². The third kappa shape index (κ3) is 8.04. The van der Waals surface area contributed by atoms with Crippen LogP contribution >= 0.6 is 0 Å². The summed E-state index contributed by atoms with van der Waals surface area (Å²) in [7, 11) is -4.08. The molecule has 3 heterocycles. The van der Waals surface area contributed by atoms with Crippen LogP contribution in [0.3, 0.4) is 0 Å². The number of allylic oxidation sites excluding steroid dienone is 1. The van der Waals surface area contributed by atoms with E-state index in [0.717, 1.165) is 83.5 Å². The van der Waals surface area contributed by atoms with Gasteiger partial charge in [-0.15, -0.1) is 6.58 Å². The van der Waals surface area contributed by atoms with Crippen molar-refractivity contribution in [2.45, 2.75) is 161 Å². The van der Waals surface area contributed by atoms with Gasteiger partial charge in [0.15, 0.2) is 11.6 Å². The minimum absolute atomic E-state index is 0.00907. The number of rotatable bonds is 17. The number of halogens is 1. The second-order valence-corrected chi connectivity index (χ2v) is 23.1. The highest BCUT2D eigenvalue weighted by Crippen LogP contribution is 2.88. The molecule has 0 aromatic heterocycles. The molecule has 0 bridgehead atoms. The topological polar surface area (TPSA) is 159 Å². The molecule has 12 nitrogen and oxygen atoms in total. The van der Waals surface area contributed by atoms with Crippen molar-refractivity contribution in [3.63, 3.8) is 0 Å². The first kappa shape index (κ1) is 45.8. The molecular formula is C48H73FN4O8S. The van der Waals surface area contributed by atoms with Crippen molar-refractivity contribution in [3.05, 3.63) is 12.7 Å². The van der Waals surface area contributed by atoms with Gasteiger partial charge in [-0.3, -0.25) is 28.4 Å². The molecule has 0 aromatic carbocycles. The number of alkyl halides is 1. The molecule has 0 radical (unpaired) electrons. The first-order chi connectivity index (χ1) is 29.6. The van der Waals surface area contributed by atoms with Crippen molar-refractivity contribution in [1.29, 1.82) is 0 Å². The SMILES string of the molecule is C=C[C@@H]1C[C@]1(CC(=O)[C@@H]1C[C@@]2(CN1C(=O)[C@@H](CC(=O)C(NC(=O)[C@@H]1CCCCC1CCF)C1CCCCC1)C1CCOCC1)C(C)(C)C21CCC1)C(=O)NS(=O)(=O)N1CCCC1. The van der Waals surface area contributed by atoms with Gasteiger partial charge >= 0.3 is 10.2 Å². The van der Waals surface area contributed by atoms with Crippen LogP contribution in [0.2, 0.25) is 0 Å². The maximum atomic E-state index is 15.6. The Bertz CT molecular complexity index is 1850. The summed E-state index contributed by atoms with van der Waals surface area (Å²) in [5.74, 6) is -3.16. The first-order valence-corrected chi connectivity index (χ1v) is 25.8. The number of ether oxygens (including phenoxy) is 1. The molecule has 3 aliphatic heterocycles. The van der Waals surface area contributed by atoms with Crippen LogP contribution < -0.4 is 10.0 Å². The molecule has 8 atom stereocenters. The lowest BCUT2D eigenvalue weighted by Crippen LogP contribution is -2.52. The molecule has 62 heavy (non-hydrogen) atoms. The van der Waals surface area contributed by atoms with Gasteiger partial charge in [0.25, 0.3) is 0 Å². The molecule has 8 rings (SSSR count). The number of amides is 3. The molecule has 2 unspecified atom stereocenters. The van der Waals surface area contributed by atoms with Gasteiger partial charge < -0.3 is 15.0 Å². The molecule has 346 valence electrons. The molecule has 5 saturated carbocycles. The monoisotopic (exact) mass is 885 g/mol. The van der Waals surface area contributed by atoms with Gasteiger partial charge in [-0.2, -0.15) is 12.7 Å². The number of fused-ring (bicyclic) bond motifs is 1. The number of hydrogen-bond donors (Lipinski definition) is 2. The predicted octanol–water partition coefficient (Wildman–Crippen LogP) is 6.63. The molecular weight excluding hydrogens is 812 g/mol. The van der Waals surface area contributed by atoms with Gasteiger partial charge in [-0.25, -0.2) is 4.72 Å². The van der Waals surface area contributed by atoms with Crippen LogP contribution in [0.1, 0.15) is 149 Å². The molecule has 14 heteroatoms. The quantitative estimate of drug-likeness (QED) is 0.154. The second kappa shape index (κ2) is 17.9. The van der Waals surface area contributed by atoms with E-state index < -0.39 is 46.2 Å². The lowest BCUT2D eigenvalue weighted by molar-refractivity contribution is -0.146. The fraction of sp³-hybridized carbons (Fsp3) is 0.854. The van der Waals surface area contributed by atoms with Gasteiger partial charge in [0.1, 0.15) is 0 Å². The van der Waals surface area contributed by atoms with E-state index in [1.807, 2.05) is 0 Å². The van der Waals surface area contributed by atoms with Crippen LogP contribution in [0.4, 0.5) is 4.39 Å². The Morgan fingerprint density at radius 3 is 2.15 bits per heavy atom. The Labute approximate surface area is 369 Å². The number of nitrogens with one attached hydrogen (secondary N) is 2. The largest absolute Gasteiger partial charge is 0.381 e. The van der Waals surface area contributed by atoms with Crippen LogP contribution in [0.25, 0.3) is 0 Å². The third-order valence-corrected chi connectivity index (χ3v) is 20.0. The van der Waals surface area contributed by atoms with E-state index in [-0.39, 0.29) is 82.1 Å². The van der Waals surface area contributed by atoms with Crippen LogP contribution in [-0.4, -0.2) is 98.5 Å². The van der Waals surface area contributed by atoms with E-state index >= 15 is 9.59 Å². The van der Waals surface area contributed by atoms with E-state index in [4.69, 9.17) is 4.74 Å².